The molecule has 1 fully saturated rings. The fourth-order valence-electron chi connectivity index (χ4n) is 3.11. The van der Waals surface area contributed by atoms with E-state index in [4.69, 9.17) is 9.73 Å². The molecular formula is C20H27BrIN5O. The van der Waals surface area contributed by atoms with Gasteiger partial charge in [-0.15, -0.1) is 24.0 Å². The van der Waals surface area contributed by atoms with E-state index in [1.54, 1.807) is 13.3 Å². The number of methoxy groups -OCH3 is 1. The molecule has 3 rings (SSSR count). The van der Waals surface area contributed by atoms with Crippen LogP contribution in [0, 0.1) is 0 Å². The first-order chi connectivity index (χ1) is 13.2. The van der Waals surface area contributed by atoms with E-state index in [-0.39, 0.29) is 24.0 Å². The van der Waals surface area contributed by atoms with E-state index < -0.39 is 0 Å². The maximum atomic E-state index is 5.18. The molecule has 8 heteroatoms. The molecule has 1 aromatic carbocycles. The van der Waals surface area contributed by atoms with Crippen molar-refractivity contribution < 1.29 is 4.74 Å². The van der Waals surface area contributed by atoms with Gasteiger partial charge in [0.05, 0.1) is 13.7 Å². The average molecular weight is 560 g/mol. The topological polar surface area (TPSA) is 61.8 Å². The SMILES string of the molecule is CCNC(=NCc1ccnc(OC)c1)NC1CCN(c2ccc(Br)cc2)C1.I. The highest BCUT2D eigenvalue weighted by Crippen LogP contribution is 2.22. The van der Waals surface area contributed by atoms with Crippen LogP contribution in [0.5, 0.6) is 5.88 Å². The zero-order valence-electron chi connectivity index (χ0n) is 16.2. The minimum Gasteiger partial charge on any atom is -0.481 e. The van der Waals surface area contributed by atoms with Crippen molar-refractivity contribution in [3.63, 3.8) is 0 Å². The Hall–Kier alpha value is -1.55. The van der Waals surface area contributed by atoms with Crippen molar-refractivity contribution in [1.82, 2.24) is 15.6 Å². The van der Waals surface area contributed by atoms with Crippen LogP contribution in [0.15, 0.2) is 52.1 Å². The Bertz CT molecular complexity index is 771. The number of rotatable bonds is 6. The van der Waals surface area contributed by atoms with Gasteiger partial charge >= 0.3 is 0 Å². The molecule has 0 radical (unpaired) electrons. The molecule has 2 heterocycles. The first-order valence-corrected chi connectivity index (χ1v) is 10.0. The molecule has 0 saturated carbocycles. The average Bonchev–Trinajstić information content (AvgIpc) is 3.15. The highest BCUT2D eigenvalue weighted by atomic mass is 127. The van der Waals surface area contributed by atoms with Crippen molar-refractivity contribution in [3.05, 3.63) is 52.6 Å². The fraction of sp³-hybridized carbons (Fsp3) is 0.400. The van der Waals surface area contributed by atoms with E-state index >= 15 is 0 Å². The molecular weight excluding hydrogens is 533 g/mol. The summed E-state index contributed by atoms with van der Waals surface area (Å²) in [7, 11) is 1.62. The van der Waals surface area contributed by atoms with E-state index in [2.05, 4.69) is 67.6 Å². The summed E-state index contributed by atoms with van der Waals surface area (Å²) in [5.41, 5.74) is 2.33. The first-order valence-electron chi connectivity index (χ1n) is 9.22. The number of aromatic nitrogens is 1. The van der Waals surface area contributed by atoms with Gasteiger partial charge in [0.15, 0.2) is 5.96 Å². The molecule has 0 aliphatic carbocycles. The van der Waals surface area contributed by atoms with Crippen molar-refractivity contribution in [1.29, 1.82) is 0 Å². The lowest BCUT2D eigenvalue weighted by Crippen LogP contribution is -2.44. The second-order valence-electron chi connectivity index (χ2n) is 6.45. The van der Waals surface area contributed by atoms with Gasteiger partial charge in [-0.3, -0.25) is 0 Å². The smallest absolute Gasteiger partial charge is 0.213 e. The summed E-state index contributed by atoms with van der Waals surface area (Å²) in [6, 6.07) is 12.7. The maximum absolute atomic E-state index is 5.18. The molecule has 1 saturated heterocycles. The molecule has 28 heavy (non-hydrogen) atoms. The minimum atomic E-state index is 0. The first kappa shape index (κ1) is 22.7. The lowest BCUT2D eigenvalue weighted by Gasteiger charge is -2.20. The molecule has 6 nitrogen and oxygen atoms in total. The van der Waals surface area contributed by atoms with Crippen molar-refractivity contribution >= 4 is 51.6 Å². The summed E-state index contributed by atoms with van der Waals surface area (Å²) >= 11 is 3.49. The molecule has 2 N–H and O–H groups in total. The summed E-state index contributed by atoms with van der Waals surface area (Å²) in [6.07, 6.45) is 2.83. The summed E-state index contributed by atoms with van der Waals surface area (Å²) < 4.78 is 6.28. The van der Waals surface area contributed by atoms with Gasteiger partial charge in [0, 0.05) is 48.1 Å². The Balaban J connectivity index is 0.00000280. The van der Waals surface area contributed by atoms with Gasteiger partial charge in [-0.1, -0.05) is 15.9 Å². The van der Waals surface area contributed by atoms with Crippen molar-refractivity contribution in [2.24, 2.45) is 4.99 Å². The summed E-state index contributed by atoms with van der Waals surface area (Å²) in [5.74, 6) is 1.46. The normalized spacial score (nSPS) is 16.5. The fourth-order valence-corrected chi connectivity index (χ4v) is 3.37. The number of anilines is 1. The number of ether oxygens (including phenoxy) is 1. The van der Waals surface area contributed by atoms with Crippen LogP contribution in [0.4, 0.5) is 5.69 Å². The Morgan fingerprint density at radius 2 is 2.11 bits per heavy atom. The number of nitrogens with one attached hydrogen (secondary N) is 2. The van der Waals surface area contributed by atoms with Crippen LogP contribution < -0.4 is 20.3 Å². The van der Waals surface area contributed by atoms with Gasteiger partial charge in [-0.2, -0.15) is 0 Å². The van der Waals surface area contributed by atoms with Crippen LogP contribution in [0.1, 0.15) is 18.9 Å². The number of benzene rings is 1. The number of guanidine groups is 1. The number of nitrogens with zero attached hydrogens (tertiary/aromatic N) is 3. The van der Waals surface area contributed by atoms with Crippen molar-refractivity contribution in [2.45, 2.75) is 25.9 Å². The predicted octanol–water partition coefficient (Wildman–Crippen LogP) is 3.80. The van der Waals surface area contributed by atoms with Gasteiger partial charge in [-0.25, -0.2) is 9.98 Å². The molecule has 0 bridgehead atoms. The third kappa shape index (κ3) is 6.51. The monoisotopic (exact) mass is 559 g/mol. The highest BCUT2D eigenvalue weighted by molar-refractivity contribution is 14.0. The summed E-state index contributed by atoms with van der Waals surface area (Å²) in [4.78, 5) is 11.3. The quantitative estimate of drug-likeness (QED) is 0.320. The Morgan fingerprint density at radius 1 is 1.32 bits per heavy atom. The van der Waals surface area contributed by atoms with Gasteiger partial charge in [0.1, 0.15) is 0 Å². The van der Waals surface area contributed by atoms with Crippen LogP contribution in [0.25, 0.3) is 0 Å². The van der Waals surface area contributed by atoms with Crippen LogP contribution >= 0.6 is 39.9 Å². The van der Waals surface area contributed by atoms with Gasteiger partial charge in [-0.05, 0) is 49.2 Å². The van der Waals surface area contributed by atoms with Gasteiger partial charge < -0.3 is 20.3 Å². The molecule has 2 aromatic rings. The van der Waals surface area contributed by atoms with Gasteiger partial charge in [0.25, 0.3) is 0 Å². The molecule has 1 atom stereocenters. The standard InChI is InChI=1S/C20H26BrN5O.HI/c1-3-22-20(24-13-15-8-10-23-19(12-15)27-2)25-17-9-11-26(14-17)18-6-4-16(21)5-7-18;/h4-8,10,12,17H,3,9,11,13-14H2,1-2H3,(H2,22,24,25);1H. The van der Waals surface area contributed by atoms with E-state index in [0.717, 1.165) is 42.1 Å². The largest absolute Gasteiger partial charge is 0.481 e. The Morgan fingerprint density at radius 3 is 2.82 bits per heavy atom. The van der Waals surface area contributed by atoms with Gasteiger partial charge in [0.2, 0.25) is 5.88 Å². The Kier molecular flexibility index (Phi) is 9.30. The third-order valence-corrected chi connectivity index (χ3v) is 5.02. The second kappa shape index (κ2) is 11.5. The zero-order chi connectivity index (χ0) is 19.1. The predicted molar refractivity (Wildman–Crippen MR) is 129 cm³/mol. The number of pyridine rings is 1. The summed E-state index contributed by atoms with van der Waals surface area (Å²) in [6.45, 7) is 5.50. The molecule has 1 aliphatic heterocycles. The van der Waals surface area contributed by atoms with Crippen molar-refractivity contribution in [3.8, 4) is 5.88 Å². The molecule has 1 aromatic heterocycles. The van der Waals surface area contributed by atoms with E-state index in [1.807, 2.05) is 12.1 Å². The zero-order valence-corrected chi connectivity index (χ0v) is 20.1. The Labute approximate surface area is 192 Å². The third-order valence-electron chi connectivity index (χ3n) is 4.49. The lowest BCUT2D eigenvalue weighted by molar-refractivity contribution is 0.397. The van der Waals surface area contributed by atoms with E-state index in [9.17, 15) is 0 Å². The lowest BCUT2D eigenvalue weighted by atomic mass is 10.2. The molecule has 0 amide bonds. The molecule has 0 spiro atoms. The second-order valence-corrected chi connectivity index (χ2v) is 7.37. The van der Waals surface area contributed by atoms with Crippen LogP contribution in [-0.4, -0.2) is 43.7 Å². The van der Waals surface area contributed by atoms with Crippen LogP contribution in [0.2, 0.25) is 0 Å². The maximum Gasteiger partial charge on any atom is 0.213 e. The minimum absolute atomic E-state index is 0. The van der Waals surface area contributed by atoms with Crippen LogP contribution in [-0.2, 0) is 6.54 Å². The van der Waals surface area contributed by atoms with Crippen molar-refractivity contribution in [2.75, 3.05) is 31.6 Å². The van der Waals surface area contributed by atoms with E-state index in [0.29, 0.717) is 18.5 Å². The molecule has 152 valence electrons. The molecule has 1 aliphatic rings. The number of hydrogen-bond donors (Lipinski definition) is 2. The summed E-state index contributed by atoms with van der Waals surface area (Å²) in [5, 5.41) is 6.91. The number of aliphatic imine (C=N–C) groups is 1. The number of hydrogen-bond acceptors (Lipinski definition) is 4. The number of halogens is 2. The van der Waals surface area contributed by atoms with E-state index in [1.165, 1.54) is 5.69 Å². The van der Waals surface area contributed by atoms with Crippen LogP contribution in [0.3, 0.4) is 0 Å². The molecule has 1 unspecified atom stereocenters. The highest BCUT2D eigenvalue weighted by Gasteiger charge is 2.23.